The molecule has 1 aliphatic rings. The van der Waals surface area contributed by atoms with Crippen LogP contribution in [0.3, 0.4) is 0 Å². The molecule has 0 unspecified atom stereocenters. The molecular formula is C29H30N4O4S. The van der Waals surface area contributed by atoms with Crippen molar-refractivity contribution in [1.29, 1.82) is 0 Å². The average Bonchev–Trinajstić information content (AvgIpc) is 3.49. The van der Waals surface area contributed by atoms with Crippen LogP contribution in [0.25, 0.3) is 11.1 Å². The number of aromatic nitrogens is 3. The monoisotopic (exact) mass is 530 g/mol. The number of aliphatic hydroxyl groups excluding tert-OH is 1. The zero-order valence-corrected chi connectivity index (χ0v) is 21.9. The molecule has 196 valence electrons. The van der Waals surface area contributed by atoms with Crippen molar-refractivity contribution < 1.29 is 19.4 Å². The van der Waals surface area contributed by atoms with Gasteiger partial charge in [-0.3, -0.25) is 9.89 Å². The van der Waals surface area contributed by atoms with Gasteiger partial charge in [-0.25, -0.2) is 4.98 Å². The minimum atomic E-state index is -0.532. The van der Waals surface area contributed by atoms with Crippen LogP contribution in [0.1, 0.15) is 48.0 Å². The van der Waals surface area contributed by atoms with Crippen molar-refractivity contribution in [2.24, 2.45) is 0 Å². The summed E-state index contributed by atoms with van der Waals surface area (Å²) in [5.41, 5.74) is 6.02. The fourth-order valence-electron chi connectivity index (χ4n) is 4.45. The summed E-state index contributed by atoms with van der Waals surface area (Å²) in [7, 11) is 0. The summed E-state index contributed by atoms with van der Waals surface area (Å²) in [6.45, 7) is 2.00. The number of carbonyl (C=O) groups excluding carboxylic acids is 1. The summed E-state index contributed by atoms with van der Waals surface area (Å²) < 4.78 is 12.9. The Morgan fingerprint density at radius 3 is 2.53 bits per heavy atom. The van der Waals surface area contributed by atoms with E-state index in [-0.39, 0.29) is 24.7 Å². The quantitative estimate of drug-likeness (QED) is 0.263. The van der Waals surface area contributed by atoms with Gasteiger partial charge in [-0.05, 0) is 27.8 Å². The largest absolute Gasteiger partial charge is 0.392 e. The Balaban J connectivity index is 1.36. The van der Waals surface area contributed by atoms with Gasteiger partial charge in [0.05, 0.1) is 18.8 Å². The summed E-state index contributed by atoms with van der Waals surface area (Å²) in [6, 6.07) is 24.1. The highest BCUT2D eigenvalue weighted by atomic mass is 32.2. The number of hydrogen-bond donors (Lipinski definition) is 3. The number of carbonyl (C=O) groups is 1. The predicted octanol–water partition coefficient (Wildman–Crippen LogP) is 4.94. The van der Waals surface area contributed by atoms with Crippen LogP contribution in [-0.4, -0.2) is 38.1 Å². The van der Waals surface area contributed by atoms with E-state index < -0.39 is 6.29 Å². The molecule has 9 heteroatoms. The van der Waals surface area contributed by atoms with Crippen LogP contribution in [0.15, 0.2) is 84.3 Å². The Bertz CT molecular complexity index is 1330. The molecule has 38 heavy (non-hydrogen) atoms. The maximum Gasteiger partial charge on any atom is 0.217 e. The maximum absolute atomic E-state index is 11.4. The van der Waals surface area contributed by atoms with Gasteiger partial charge >= 0.3 is 0 Å². The number of aromatic amines is 1. The van der Waals surface area contributed by atoms with Crippen LogP contribution in [0.2, 0.25) is 0 Å². The fraction of sp³-hybridized carbons (Fsp3) is 0.276. The van der Waals surface area contributed by atoms with E-state index in [0.717, 1.165) is 38.5 Å². The van der Waals surface area contributed by atoms with Gasteiger partial charge in [-0.15, -0.1) is 0 Å². The summed E-state index contributed by atoms with van der Waals surface area (Å²) in [5.74, 6) is 0.646. The summed E-state index contributed by atoms with van der Waals surface area (Å²) in [6.07, 6.45) is 1.45. The summed E-state index contributed by atoms with van der Waals surface area (Å²) >= 11 is 1.57. The SMILES string of the molecule is CC(=O)NCc1ccccc1-c1ccc([C@H]2O[C@@H](CSc3ncn[nH]3)C[C@@H](c3ccc(CO)cc3)O2)cc1. The number of nitrogens with zero attached hydrogens (tertiary/aromatic N) is 2. The predicted molar refractivity (Wildman–Crippen MR) is 145 cm³/mol. The molecule has 5 rings (SSSR count). The van der Waals surface area contributed by atoms with E-state index >= 15 is 0 Å². The molecule has 3 atom stereocenters. The lowest BCUT2D eigenvalue weighted by atomic mass is 9.98. The van der Waals surface area contributed by atoms with Gasteiger partial charge in [-0.1, -0.05) is 84.6 Å². The Labute approximate surface area is 225 Å². The molecule has 0 aliphatic carbocycles. The molecule has 1 saturated heterocycles. The number of rotatable bonds is 9. The average molecular weight is 531 g/mol. The second-order valence-electron chi connectivity index (χ2n) is 9.14. The number of H-pyrrole nitrogens is 1. The third-order valence-electron chi connectivity index (χ3n) is 6.45. The van der Waals surface area contributed by atoms with Gasteiger partial charge in [0, 0.05) is 31.2 Å². The highest BCUT2D eigenvalue weighted by molar-refractivity contribution is 7.99. The lowest BCUT2D eigenvalue weighted by Gasteiger charge is -2.36. The number of aliphatic hydroxyl groups is 1. The first-order valence-electron chi connectivity index (χ1n) is 12.5. The van der Waals surface area contributed by atoms with E-state index in [0.29, 0.717) is 18.7 Å². The van der Waals surface area contributed by atoms with Crippen LogP contribution < -0.4 is 5.32 Å². The van der Waals surface area contributed by atoms with Crippen LogP contribution in [0.5, 0.6) is 0 Å². The van der Waals surface area contributed by atoms with Crippen molar-refractivity contribution >= 4 is 17.7 Å². The van der Waals surface area contributed by atoms with Crippen LogP contribution in [0, 0.1) is 0 Å². The lowest BCUT2D eigenvalue weighted by Crippen LogP contribution is -2.31. The summed E-state index contributed by atoms with van der Waals surface area (Å²) in [5, 5.41) is 19.9. The van der Waals surface area contributed by atoms with Gasteiger partial charge in [0.25, 0.3) is 0 Å². The zero-order chi connectivity index (χ0) is 26.3. The van der Waals surface area contributed by atoms with Crippen LogP contribution in [-0.2, 0) is 27.4 Å². The Kier molecular flexibility index (Phi) is 8.50. The molecule has 0 spiro atoms. The van der Waals surface area contributed by atoms with E-state index in [2.05, 4.69) is 38.7 Å². The maximum atomic E-state index is 11.4. The zero-order valence-electron chi connectivity index (χ0n) is 21.0. The van der Waals surface area contributed by atoms with Crippen molar-refractivity contribution in [2.45, 2.75) is 50.2 Å². The van der Waals surface area contributed by atoms with Gasteiger partial charge in [0.15, 0.2) is 11.4 Å². The molecule has 1 aromatic heterocycles. The third-order valence-corrected chi connectivity index (χ3v) is 7.46. The third kappa shape index (κ3) is 6.49. The minimum Gasteiger partial charge on any atom is -0.392 e. The van der Waals surface area contributed by atoms with Gasteiger partial charge in [-0.2, -0.15) is 5.10 Å². The summed E-state index contributed by atoms with van der Waals surface area (Å²) in [4.78, 5) is 15.6. The second-order valence-corrected chi connectivity index (χ2v) is 10.1. The van der Waals surface area contributed by atoms with Crippen LogP contribution >= 0.6 is 11.8 Å². The number of amides is 1. The van der Waals surface area contributed by atoms with Gasteiger partial charge in [0.1, 0.15) is 6.33 Å². The van der Waals surface area contributed by atoms with Crippen molar-refractivity contribution in [3.63, 3.8) is 0 Å². The first kappa shape index (κ1) is 26.1. The molecule has 1 amide bonds. The van der Waals surface area contributed by atoms with Gasteiger partial charge < -0.3 is 19.9 Å². The molecule has 4 aromatic rings. The Morgan fingerprint density at radius 1 is 1.05 bits per heavy atom. The number of hydrogen-bond acceptors (Lipinski definition) is 7. The molecule has 0 saturated carbocycles. The van der Waals surface area contributed by atoms with Crippen molar-refractivity contribution in [3.8, 4) is 11.1 Å². The number of thioether (sulfide) groups is 1. The van der Waals surface area contributed by atoms with Crippen molar-refractivity contribution in [3.05, 3.63) is 101 Å². The van der Waals surface area contributed by atoms with Crippen molar-refractivity contribution in [2.75, 3.05) is 5.75 Å². The molecule has 1 fully saturated rings. The van der Waals surface area contributed by atoms with E-state index in [1.54, 1.807) is 11.8 Å². The van der Waals surface area contributed by atoms with E-state index in [4.69, 9.17) is 9.47 Å². The Hall–Kier alpha value is -3.50. The lowest BCUT2D eigenvalue weighted by molar-refractivity contribution is -0.245. The normalized spacial score (nSPS) is 19.3. The molecule has 3 N–H and O–H groups in total. The van der Waals surface area contributed by atoms with E-state index in [1.165, 1.54) is 13.3 Å². The minimum absolute atomic E-state index is 0.00821. The first-order chi connectivity index (χ1) is 18.6. The highest BCUT2D eigenvalue weighted by Gasteiger charge is 2.32. The number of nitrogens with one attached hydrogen (secondary N) is 2. The topological polar surface area (TPSA) is 109 Å². The smallest absolute Gasteiger partial charge is 0.217 e. The second kappa shape index (κ2) is 12.4. The van der Waals surface area contributed by atoms with E-state index in [1.807, 2.05) is 54.6 Å². The molecule has 3 aromatic carbocycles. The van der Waals surface area contributed by atoms with Crippen LogP contribution in [0.4, 0.5) is 0 Å². The molecule has 0 bridgehead atoms. The first-order valence-corrected chi connectivity index (χ1v) is 13.5. The standard InChI is InChI=1S/C29H30N4O4S/c1-19(35)30-15-24-4-2-3-5-26(24)21-10-12-23(13-11-21)28-36-25(17-38-29-31-18-32-33-29)14-27(37-28)22-8-6-20(16-34)7-9-22/h2-13,18,25,27-28,34H,14-17H2,1H3,(H,30,35)(H,31,32,33)/t25-,27+,28+/m1/s1. The number of ether oxygens (including phenoxy) is 2. The van der Waals surface area contributed by atoms with Crippen molar-refractivity contribution in [1.82, 2.24) is 20.5 Å². The van der Waals surface area contributed by atoms with E-state index in [9.17, 15) is 9.90 Å². The molecule has 8 nitrogen and oxygen atoms in total. The highest BCUT2D eigenvalue weighted by Crippen LogP contribution is 2.39. The Morgan fingerprint density at radius 2 is 1.82 bits per heavy atom. The molecular weight excluding hydrogens is 500 g/mol. The molecule has 0 radical (unpaired) electrons. The fourth-order valence-corrected chi connectivity index (χ4v) is 5.25. The molecule has 2 heterocycles. The van der Waals surface area contributed by atoms with Gasteiger partial charge in [0.2, 0.25) is 5.91 Å². The number of benzene rings is 3. The molecule has 1 aliphatic heterocycles.